The van der Waals surface area contributed by atoms with Crippen molar-refractivity contribution in [3.8, 4) is 0 Å². The van der Waals surface area contributed by atoms with Gasteiger partial charge in [0, 0.05) is 5.75 Å². The quantitative estimate of drug-likeness (QED) is 0.550. The van der Waals surface area contributed by atoms with Crippen LogP contribution in [0.3, 0.4) is 0 Å². The standard InChI is InChI=1S/C9H16S/c1-4-7-9(5-2)8-10-6-3/h5,7H,2,4,6,8H2,1,3H3/b9-7+. The van der Waals surface area contributed by atoms with Gasteiger partial charge in [0.2, 0.25) is 0 Å². The van der Waals surface area contributed by atoms with Gasteiger partial charge in [0.05, 0.1) is 0 Å². The van der Waals surface area contributed by atoms with Gasteiger partial charge in [-0.05, 0) is 17.7 Å². The van der Waals surface area contributed by atoms with Crippen LogP contribution < -0.4 is 0 Å². The molecule has 0 unspecified atom stereocenters. The van der Waals surface area contributed by atoms with Gasteiger partial charge in [0.1, 0.15) is 0 Å². The fourth-order valence-corrected chi connectivity index (χ4v) is 1.36. The highest BCUT2D eigenvalue weighted by molar-refractivity contribution is 7.99. The number of thioether (sulfide) groups is 1. The molecule has 0 saturated carbocycles. The van der Waals surface area contributed by atoms with Crippen molar-refractivity contribution in [2.24, 2.45) is 0 Å². The number of allylic oxidation sites excluding steroid dienone is 2. The summed E-state index contributed by atoms with van der Waals surface area (Å²) in [6.45, 7) is 8.08. The minimum absolute atomic E-state index is 1.12. The summed E-state index contributed by atoms with van der Waals surface area (Å²) in [4.78, 5) is 0. The maximum Gasteiger partial charge on any atom is 0.0181 e. The summed E-state index contributed by atoms with van der Waals surface area (Å²) in [6.07, 6.45) is 5.30. The lowest BCUT2D eigenvalue weighted by Gasteiger charge is -1.97. The largest absolute Gasteiger partial charge is 0.158 e. The van der Waals surface area contributed by atoms with Gasteiger partial charge in [0.25, 0.3) is 0 Å². The van der Waals surface area contributed by atoms with Gasteiger partial charge >= 0.3 is 0 Å². The van der Waals surface area contributed by atoms with Crippen LogP contribution in [0.5, 0.6) is 0 Å². The topological polar surface area (TPSA) is 0 Å². The molecule has 0 rings (SSSR count). The van der Waals surface area contributed by atoms with Crippen LogP contribution in [0.25, 0.3) is 0 Å². The molecular weight excluding hydrogens is 140 g/mol. The first kappa shape index (κ1) is 9.83. The highest BCUT2D eigenvalue weighted by Gasteiger charge is 1.88. The van der Waals surface area contributed by atoms with Crippen molar-refractivity contribution in [2.75, 3.05) is 11.5 Å². The van der Waals surface area contributed by atoms with Crippen LogP contribution in [0.1, 0.15) is 20.3 Å². The van der Waals surface area contributed by atoms with Crippen molar-refractivity contribution in [3.05, 3.63) is 24.3 Å². The van der Waals surface area contributed by atoms with Gasteiger partial charge in [0.15, 0.2) is 0 Å². The summed E-state index contributed by atoms with van der Waals surface area (Å²) in [5.74, 6) is 2.31. The maximum absolute atomic E-state index is 3.75. The summed E-state index contributed by atoms with van der Waals surface area (Å²) < 4.78 is 0. The molecule has 0 aliphatic carbocycles. The molecule has 0 aliphatic heterocycles. The maximum atomic E-state index is 3.75. The molecule has 0 N–H and O–H groups in total. The van der Waals surface area contributed by atoms with E-state index in [1.807, 2.05) is 17.8 Å². The fraction of sp³-hybridized carbons (Fsp3) is 0.556. The molecule has 58 valence electrons. The van der Waals surface area contributed by atoms with E-state index in [0.29, 0.717) is 0 Å². The number of rotatable bonds is 5. The van der Waals surface area contributed by atoms with E-state index in [9.17, 15) is 0 Å². The molecule has 0 fully saturated rings. The minimum Gasteiger partial charge on any atom is -0.158 e. The zero-order chi connectivity index (χ0) is 7.82. The van der Waals surface area contributed by atoms with Gasteiger partial charge in [-0.15, -0.1) is 0 Å². The third kappa shape index (κ3) is 4.68. The van der Waals surface area contributed by atoms with Gasteiger partial charge in [-0.3, -0.25) is 0 Å². The number of hydrogen-bond donors (Lipinski definition) is 0. The van der Waals surface area contributed by atoms with E-state index in [4.69, 9.17) is 0 Å². The first-order valence-corrected chi connectivity index (χ1v) is 4.89. The Morgan fingerprint density at radius 1 is 1.50 bits per heavy atom. The lowest BCUT2D eigenvalue weighted by atomic mass is 10.2. The molecule has 0 nitrogen and oxygen atoms in total. The van der Waals surface area contributed by atoms with E-state index in [1.165, 1.54) is 11.3 Å². The molecule has 1 heteroatoms. The highest BCUT2D eigenvalue weighted by atomic mass is 32.2. The molecule has 0 heterocycles. The Hall–Kier alpha value is -0.170. The molecule has 0 aromatic carbocycles. The van der Waals surface area contributed by atoms with Crippen molar-refractivity contribution in [1.82, 2.24) is 0 Å². The fourth-order valence-electron chi connectivity index (χ4n) is 0.683. The molecule has 0 bridgehead atoms. The average Bonchev–Trinajstić information content (AvgIpc) is 1.98. The highest BCUT2D eigenvalue weighted by Crippen LogP contribution is 2.08. The van der Waals surface area contributed by atoms with Crippen LogP contribution in [0.15, 0.2) is 24.3 Å². The second-order valence-corrected chi connectivity index (χ2v) is 3.30. The van der Waals surface area contributed by atoms with E-state index < -0.39 is 0 Å². The van der Waals surface area contributed by atoms with Crippen molar-refractivity contribution in [2.45, 2.75) is 20.3 Å². The molecule has 0 spiro atoms. The van der Waals surface area contributed by atoms with Crippen LogP contribution in [0, 0.1) is 0 Å². The Bertz CT molecular complexity index is 114. The molecule has 0 aliphatic rings. The second-order valence-electron chi connectivity index (χ2n) is 2.03. The van der Waals surface area contributed by atoms with Crippen molar-refractivity contribution in [1.29, 1.82) is 0 Å². The van der Waals surface area contributed by atoms with Gasteiger partial charge < -0.3 is 0 Å². The zero-order valence-corrected chi connectivity index (χ0v) is 7.71. The first-order chi connectivity index (χ1) is 4.85. The monoisotopic (exact) mass is 156 g/mol. The predicted molar refractivity (Wildman–Crippen MR) is 51.6 cm³/mol. The van der Waals surface area contributed by atoms with Crippen LogP contribution in [-0.4, -0.2) is 11.5 Å². The number of hydrogen-bond acceptors (Lipinski definition) is 1. The third-order valence-corrected chi connectivity index (χ3v) is 2.15. The van der Waals surface area contributed by atoms with Crippen LogP contribution in [0.2, 0.25) is 0 Å². The molecule has 10 heavy (non-hydrogen) atoms. The Balaban J connectivity index is 3.60. The Morgan fingerprint density at radius 3 is 2.60 bits per heavy atom. The lowest BCUT2D eigenvalue weighted by molar-refractivity contribution is 1.20. The Morgan fingerprint density at radius 2 is 2.20 bits per heavy atom. The average molecular weight is 156 g/mol. The van der Waals surface area contributed by atoms with E-state index in [2.05, 4.69) is 26.5 Å². The first-order valence-electron chi connectivity index (χ1n) is 3.74. The van der Waals surface area contributed by atoms with Crippen LogP contribution >= 0.6 is 11.8 Å². The molecule has 0 aromatic rings. The Labute approximate surface area is 68.4 Å². The van der Waals surface area contributed by atoms with E-state index in [0.717, 1.165) is 12.2 Å². The Kier molecular flexibility index (Phi) is 6.83. The summed E-state index contributed by atoms with van der Waals surface area (Å²) in [5, 5.41) is 0. The lowest BCUT2D eigenvalue weighted by Crippen LogP contribution is -1.82. The van der Waals surface area contributed by atoms with Gasteiger partial charge in [-0.1, -0.05) is 32.6 Å². The van der Waals surface area contributed by atoms with E-state index in [-0.39, 0.29) is 0 Å². The minimum atomic E-state index is 1.12. The van der Waals surface area contributed by atoms with Crippen LogP contribution in [-0.2, 0) is 0 Å². The SMILES string of the molecule is C=C/C(=C\CC)CSCC. The van der Waals surface area contributed by atoms with E-state index >= 15 is 0 Å². The molecule has 0 amide bonds. The molecule has 0 atom stereocenters. The third-order valence-electron chi connectivity index (χ3n) is 1.20. The molecular formula is C9H16S. The second kappa shape index (κ2) is 6.94. The smallest absolute Gasteiger partial charge is 0.0181 e. The predicted octanol–water partition coefficient (Wildman–Crippen LogP) is 3.26. The summed E-state index contributed by atoms with van der Waals surface area (Å²) in [7, 11) is 0. The van der Waals surface area contributed by atoms with Gasteiger partial charge in [-0.25, -0.2) is 0 Å². The van der Waals surface area contributed by atoms with Crippen LogP contribution in [0.4, 0.5) is 0 Å². The molecule has 0 aromatic heterocycles. The van der Waals surface area contributed by atoms with Crippen molar-refractivity contribution < 1.29 is 0 Å². The van der Waals surface area contributed by atoms with Crippen molar-refractivity contribution >= 4 is 11.8 Å². The normalized spacial score (nSPS) is 11.6. The summed E-state index contributed by atoms with van der Waals surface area (Å²) >= 11 is 1.94. The van der Waals surface area contributed by atoms with E-state index in [1.54, 1.807) is 0 Å². The molecule has 0 radical (unpaired) electrons. The van der Waals surface area contributed by atoms with Crippen molar-refractivity contribution in [3.63, 3.8) is 0 Å². The summed E-state index contributed by atoms with van der Waals surface area (Å²) in [6, 6.07) is 0. The summed E-state index contributed by atoms with van der Waals surface area (Å²) in [5.41, 5.74) is 1.37. The molecule has 0 saturated heterocycles. The van der Waals surface area contributed by atoms with Gasteiger partial charge in [-0.2, -0.15) is 11.8 Å². The zero-order valence-electron chi connectivity index (χ0n) is 6.89.